The van der Waals surface area contributed by atoms with E-state index in [1.54, 1.807) is 42.5 Å². The van der Waals surface area contributed by atoms with Gasteiger partial charge in [-0.15, -0.1) is 0 Å². The molecular formula is C26H19ClN4O4S. The predicted octanol–water partition coefficient (Wildman–Crippen LogP) is 5.02. The van der Waals surface area contributed by atoms with Gasteiger partial charge in [0.25, 0.3) is 5.56 Å². The molecule has 0 aliphatic carbocycles. The van der Waals surface area contributed by atoms with Crippen LogP contribution in [0.1, 0.15) is 0 Å². The number of fused-ring (bicyclic) bond motifs is 4. The highest BCUT2D eigenvalue weighted by atomic mass is 35.5. The van der Waals surface area contributed by atoms with Crippen LogP contribution in [-0.4, -0.2) is 39.4 Å². The summed E-state index contributed by atoms with van der Waals surface area (Å²) in [6.45, 7) is 0.961. The minimum Gasteiger partial charge on any atom is -0.486 e. The third-order valence-corrected chi connectivity index (χ3v) is 6.93. The summed E-state index contributed by atoms with van der Waals surface area (Å²) in [6.07, 6.45) is 0. The lowest BCUT2D eigenvalue weighted by Crippen LogP contribution is -2.23. The molecule has 1 aliphatic heterocycles. The summed E-state index contributed by atoms with van der Waals surface area (Å²) in [7, 11) is 0. The van der Waals surface area contributed by atoms with Gasteiger partial charge in [-0.1, -0.05) is 41.6 Å². The van der Waals surface area contributed by atoms with Crippen molar-refractivity contribution in [2.75, 3.05) is 24.3 Å². The van der Waals surface area contributed by atoms with E-state index in [1.165, 1.54) is 16.3 Å². The lowest BCUT2D eigenvalue weighted by Gasteiger charge is -2.19. The fourth-order valence-electron chi connectivity index (χ4n) is 4.11. The maximum absolute atomic E-state index is 13.6. The molecule has 0 atom stereocenters. The third kappa shape index (κ3) is 4.16. The zero-order valence-electron chi connectivity index (χ0n) is 18.8. The maximum Gasteiger partial charge on any atom is 0.283 e. The van der Waals surface area contributed by atoms with Gasteiger partial charge in [0.1, 0.15) is 24.2 Å². The Morgan fingerprint density at radius 2 is 1.83 bits per heavy atom. The van der Waals surface area contributed by atoms with E-state index in [0.717, 1.165) is 10.9 Å². The quantitative estimate of drug-likeness (QED) is 0.250. The lowest BCUT2D eigenvalue weighted by molar-refractivity contribution is -0.113. The fraction of sp³-hybridized carbons (Fsp3) is 0.115. The van der Waals surface area contributed by atoms with Crippen LogP contribution in [-0.2, 0) is 4.79 Å². The molecule has 3 aromatic carbocycles. The van der Waals surface area contributed by atoms with Crippen molar-refractivity contribution in [1.29, 1.82) is 0 Å². The Morgan fingerprint density at radius 1 is 1.06 bits per heavy atom. The van der Waals surface area contributed by atoms with Crippen molar-refractivity contribution < 1.29 is 14.3 Å². The van der Waals surface area contributed by atoms with Crippen LogP contribution in [0.5, 0.6) is 11.5 Å². The molecule has 180 valence electrons. The number of ether oxygens (including phenoxy) is 2. The summed E-state index contributed by atoms with van der Waals surface area (Å²) < 4.78 is 12.6. The zero-order chi connectivity index (χ0) is 24.6. The Labute approximate surface area is 214 Å². The van der Waals surface area contributed by atoms with Crippen LogP contribution < -0.4 is 20.3 Å². The summed E-state index contributed by atoms with van der Waals surface area (Å²) >= 11 is 7.25. The Kier molecular flexibility index (Phi) is 5.79. The number of aromatic amines is 1. The van der Waals surface area contributed by atoms with Gasteiger partial charge in [0.05, 0.1) is 11.4 Å². The average Bonchev–Trinajstić information content (AvgIpc) is 3.27. The van der Waals surface area contributed by atoms with Crippen molar-refractivity contribution in [1.82, 2.24) is 14.5 Å². The van der Waals surface area contributed by atoms with E-state index in [0.29, 0.717) is 57.3 Å². The van der Waals surface area contributed by atoms with Crippen LogP contribution in [0.3, 0.4) is 0 Å². The lowest BCUT2D eigenvalue weighted by atomic mass is 10.2. The number of H-pyrrole nitrogens is 1. The van der Waals surface area contributed by atoms with E-state index in [-0.39, 0.29) is 17.2 Å². The summed E-state index contributed by atoms with van der Waals surface area (Å²) in [5.41, 5.74) is 2.73. The van der Waals surface area contributed by atoms with Crippen LogP contribution in [0.4, 0.5) is 5.69 Å². The van der Waals surface area contributed by atoms with Gasteiger partial charge < -0.3 is 19.8 Å². The molecule has 6 rings (SSSR count). The standard InChI is InChI=1S/C26H19ClN4O4S/c27-15-5-8-17(9-6-15)31-25(33)24-23(18-3-1-2-4-19(18)29-24)30-26(31)36-14-22(32)28-16-7-10-20-21(13-16)35-12-11-34-20/h1-10,13,29H,11-12,14H2,(H,28,32). The fourth-order valence-corrected chi connectivity index (χ4v) is 5.04. The first-order valence-electron chi connectivity index (χ1n) is 11.2. The molecule has 8 nitrogen and oxygen atoms in total. The van der Waals surface area contributed by atoms with Gasteiger partial charge in [-0.3, -0.25) is 14.2 Å². The Bertz CT molecular complexity index is 1680. The van der Waals surface area contributed by atoms with E-state index in [9.17, 15) is 9.59 Å². The van der Waals surface area contributed by atoms with Crippen molar-refractivity contribution in [2.45, 2.75) is 5.16 Å². The minimum absolute atomic E-state index is 0.0440. The van der Waals surface area contributed by atoms with E-state index < -0.39 is 0 Å². The Balaban J connectivity index is 1.34. The van der Waals surface area contributed by atoms with E-state index in [1.807, 2.05) is 24.3 Å². The largest absolute Gasteiger partial charge is 0.486 e. The number of para-hydroxylation sites is 1. The van der Waals surface area contributed by atoms with Gasteiger partial charge in [0.15, 0.2) is 16.7 Å². The van der Waals surface area contributed by atoms with Crippen LogP contribution in [0.15, 0.2) is 76.7 Å². The smallest absolute Gasteiger partial charge is 0.283 e. The second kappa shape index (κ2) is 9.25. The average molecular weight is 519 g/mol. The summed E-state index contributed by atoms with van der Waals surface area (Å²) in [5, 5.41) is 4.67. The molecule has 0 saturated carbocycles. The zero-order valence-corrected chi connectivity index (χ0v) is 20.4. The SMILES string of the molecule is O=C(CSc1nc2c([nH]c3ccccc32)c(=O)n1-c1ccc(Cl)cc1)Nc1ccc2c(c1)OCCO2. The number of hydrogen-bond donors (Lipinski definition) is 2. The van der Waals surface area contributed by atoms with Gasteiger partial charge in [0, 0.05) is 27.7 Å². The molecular weight excluding hydrogens is 500 g/mol. The first-order chi connectivity index (χ1) is 17.6. The highest BCUT2D eigenvalue weighted by Crippen LogP contribution is 2.33. The van der Waals surface area contributed by atoms with Crippen molar-refractivity contribution in [3.05, 3.63) is 82.1 Å². The molecule has 3 heterocycles. The van der Waals surface area contributed by atoms with Crippen molar-refractivity contribution >= 4 is 56.9 Å². The number of hydrogen-bond acceptors (Lipinski definition) is 6. The predicted molar refractivity (Wildman–Crippen MR) is 141 cm³/mol. The topological polar surface area (TPSA) is 98.2 Å². The normalized spacial score (nSPS) is 12.7. The Hall–Kier alpha value is -3.95. The Morgan fingerprint density at radius 3 is 2.67 bits per heavy atom. The molecule has 0 saturated heterocycles. The number of anilines is 1. The highest BCUT2D eigenvalue weighted by Gasteiger charge is 2.19. The molecule has 0 fully saturated rings. The maximum atomic E-state index is 13.6. The second-order valence-corrected chi connectivity index (χ2v) is 9.48. The molecule has 0 bridgehead atoms. The molecule has 5 aromatic rings. The van der Waals surface area contributed by atoms with Crippen LogP contribution in [0.2, 0.25) is 5.02 Å². The summed E-state index contributed by atoms with van der Waals surface area (Å²) in [6, 6.07) is 19.8. The molecule has 36 heavy (non-hydrogen) atoms. The van der Waals surface area contributed by atoms with Gasteiger partial charge in [-0.2, -0.15) is 0 Å². The van der Waals surface area contributed by atoms with Crippen LogP contribution in [0, 0.1) is 0 Å². The van der Waals surface area contributed by atoms with Gasteiger partial charge in [0.2, 0.25) is 5.91 Å². The second-order valence-electron chi connectivity index (χ2n) is 8.10. The first kappa shape index (κ1) is 22.5. The van der Waals surface area contributed by atoms with Crippen molar-refractivity contribution in [3.63, 3.8) is 0 Å². The number of carbonyl (C=O) groups is 1. The van der Waals surface area contributed by atoms with E-state index in [4.69, 9.17) is 26.1 Å². The number of nitrogens with zero attached hydrogens (tertiary/aromatic N) is 2. The molecule has 10 heteroatoms. The number of carbonyl (C=O) groups excluding carboxylic acids is 1. The summed E-state index contributed by atoms with van der Waals surface area (Å²) in [4.78, 5) is 34.4. The molecule has 1 aliphatic rings. The molecule has 1 amide bonds. The molecule has 0 unspecified atom stereocenters. The number of amides is 1. The van der Waals surface area contributed by atoms with Gasteiger partial charge >= 0.3 is 0 Å². The number of aromatic nitrogens is 3. The number of rotatable bonds is 5. The number of thioether (sulfide) groups is 1. The number of halogens is 1. The minimum atomic E-state index is -0.256. The first-order valence-corrected chi connectivity index (χ1v) is 12.5. The van der Waals surface area contributed by atoms with Crippen molar-refractivity contribution in [2.24, 2.45) is 0 Å². The molecule has 0 radical (unpaired) electrons. The third-order valence-electron chi connectivity index (χ3n) is 5.74. The van der Waals surface area contributed by atoms with Gasteiger partial charge in [-0.25, -0.2) is 4.98 Å². The van der Waals surface area contributed by atoms with Crippen molar-refractivity contribution in [3.8, 4) is 17.2 Å². The van der Waals surface area contributed by atoms with E-state index >= 15 is 0 Å². The number of benzene rings is 3. The van der Waals surface area contributed by atoms with Crippen LogP contribution in [0.25, 0.3) is 27.6 Å². The highest BCUT2D eigenvalue weighted by molar-refractivity contribution is 7.99. The molecule has 2 N–H and O–H groups in total. The molecule has 2 aromatic heterocycles. The molecule has 0 spiro atoms. The van der Waals surface area contributed by atoms with E-state index in [2.05, 4.69) is 10.3 Å². The van der Waals surface area contributed by atoms with Crippen LogP contribution >= 0.6 is 23.4 Å². The summed E-state index contributed by atoms with van der Waals surface area (Å²) in [5.74, 6) is 1.04. The monoisotopic (exact) mass is 518 g/mol. The van der Waals surface area contributed by atoms with Gasteiger partial charge in [-0.05, 0) is 42.5 Å². The number of nitrogens with one attached hydrogen (secondary N) is 2.